The van der Waals surface area contributed by atoms with Gasteiger partial charge in [-0.25, -0.2) is 4.79 Å². The summed E-state index contributed by atoms with van der Waals surface area (Å²) in [6, 6.07) is 22.0. The Labute approximate surface area is 205 Å². The predicted octanol–water partition coefficient (Wildman–Crippen LogP) is 6.13. The Morgan fingerprint density at radius 3 is 2.14 bits per heavy atom. The number of aliphatic hydroxyl groups is 1. The van der Waals surface area contributed by atoms with E-state index in [1.807, 2.05) is 86.6 Å². The molecule has 3 aromatic carbocycles. The van der Waals surface area contributed by atoms with Crippen molar-refractivity contribution in [2.45, 2.75) is 38.8 Å². The van der Waals surface area contributed by atoms with Crippen molar-refractivity contribution in [3.05, 3.63) is 78.4 Å². The first-order chi connectivity index (χ1) is 16.7. The largest absolute Gasteiger partial charge is 0.493 e. The fourth-order valence-corrected chi connectivity index (χ4v) is 4.84. The van der Waals surface area contributed by atoms with Crippen molar-refractivity contribution in [1.29, 1.82) is 0 Å². The maximum atomic E-state index is 11.8. The molecule has 7 nitrogen and oxygen atoms in total. The fourth-order valence-electron chi connectivity index (χ4n) is 4.84. The number of likely N-dealkylation sites (tertiary alicyclic amines) is 1. The molecule has 4 atom stereocenters. The molecule has 1 heterocycles. The van der Waals surface area contributed by atoms with E-state index in [1.54, 1.807) is 14.0 Å². The predicted molar refractivity (Wildman–Crippen MR) is 133 cm³/mol. The van der Waals surface area contributed by atoms with Crippen molar-refractivity contribution in [2.75, 3.05) is 13.7 Å². The zero-order chi connectivity index (χ0) is 25.2. The van der Waals surface area contributed by atoms with Gasteiger partial charge in [-0.1, -0.05) is 31.2 Å². The molecular weight excluding hydrogens is 446 g/mol. The molecule has 1 unspecified atom stereocenters. The second-order valence-electron chi connectivity index (χ2n) is 9.10. The molecule has 1 saturated heterocycles. The topological polar surface area (TPSA) is 88.5 Å². The number of nitrogens with zero attached hydrogens (tertiary/aromatic N) is 1. The minimum Gasteiger partial charge on any atom is -0.493 e. The number of ether oxygens (including phenoxy) is 3. The molecule has 2 N–H and O–H groups in total. The van der Waals surface area contributed by atoms with Gasteiger partial charge in [0, 0.05) is 23.9 Å². The minimum atomic E-state index is -0.991. The third-order valence-corrected chi connectivity index (χ3v) is 7.26. The Kier molecular flexibility index (Phi) is 6.89. The lowest BCUT2D eigenvalue weighted by atomic mass is 9.69. The van der Waals surface area contributed by atoms with Crippen molar-refractivity contribution in [1.82, 2.24) is 4.90 Å². The van der Waals surface area contributed by atoms with Crippen LogP contribution in [0, 0.1) is 5.41 Å². The quantitative estimate of drug-likeness (QED) is 0.425. The third-order valence-electron chi connectivity index (χ3n) is 7.26. The number of benzene rings is 3. The molecule has 0 bridgehead atoms. The van der Waals surface area contributed by atoms with Gasteiger partial charge in [0.05, 0.1) is 13.2 Å². The highest BCUT2D eigenvalue weighted by Crippen LogP contribution is 2.50. The summed E-state index contributed by atoms with van der Waals surface area (Å²) in [6.07, 6.45) is -1.70. The average molecular weight is 478 g/mol. The van der Waals surface area contributed by atoms with E-state index in [1.165, 1.54) is 4.90 Å². The van der Waals surface area contributed by atoms with Crippen molar-refractivity contribution in [2.24, 2.45) is 5.41 Å². The Hall–Kier alpha value is -3.71. The summed E-state index contributed by atoms with van der Waals surface area (Å²) in [5.41, 5.74) is 0.213. The van der Waals surface area contributed by atoms with Gasteiger partial charge in [-0.15, -0.1) is 0 Å². The minimum absolute atomic E-state index is 0.219. The second-order valence-corrected chi connectivity index (χ2v) is 9.10. The maximum absolute atomic E-state index is 11.8. The third kappa shape index (κ3) is 4.77. The van der Waals surface area contributed by atoms with Crippen molar-refractivity contribution >= 4 is 6.09 Å². The van der Waals surface area contributed by atoms with Gasteiger partial charge in [0.25, 0.3) is 0 Å². The van der Waals surface area contributed by atoms with Crippen molar-refractivity contribution < 1.29 is 29.2 Å². The Bertz CT molecular complexity index is 1160. The Morgan fingerprint density at radius 2 is 1.57 bits per heavy atom. The van der Waals surface area contributed by atoms with E-state index >= 15 is 0 Å². The number of hydrogen-bond acceptors (Lipinski definition) is 5. The summed E-state index contributed by atoms with van der Waals surface area (Å²) in [4.78, 5) is 13.2. The molecule has 1 aliphatic rings. The number of rotatable bonds is 7. The second kappa shape index (κ2) is 9.88. The summed E-state index contributed by atoms with van der Waals surface area (Å²) < 4.78 is 17.5. The number of amides is 1. The summed E-state index contributed by atoms with van der Waals surface area (Å²) >= 11 is 0. The number of methoxy groups -OCH3 is 1. The van der Waals surface area contributed by atoms with Gasteiger partial charge < -0.3 is 29.3 Å². The Morgan fingerprint density at radius 1 is 0.971 bits per heavy atom. The molecule has 0 saturated carbocycles. The van der Waals surface area contributed by atoms with Gasteiger partial charge in [-0.05, 0) is 67.9 Å². The van der Waals surface area contributed by atoms with Crippen molar-refractivity contribution in [3.8, 4) is 28.7 Å². The van der Waals surface area contributed by atoms with Crippen LogP contribution in [-0.2, 0) is 0 Å². The smallest absolute Gasteiger partial charge is 0.407 e. The first-order valence-corrected chi connectivity index (χ1v) is 11.6. The number of carbonyl (C=O) groups is 1. The highest BCUT2D eigenvalue weighted by molar-refractivity contribution is 5.66. The summed E-state index contributed by atoms with van der Waals surface area (Å²) in [5.74, 6) is 2.88. The summed E-state index contributed by atoms with van der Waals surface area (Å²) in [7, 11) is 1.57. The molecule has 7 heteroatoms. The zero-order valence-corrected chi connectivity index (χ0v) is 20.3. The van der Waals surface area contributed by atoms with Gasteiger partial charge in [-0.3, -0.25) is 0 Å². The first kappa shape index (κ1) is 24.4. The first-order valence-electron chi connectivity index (χ1n) is 11.6. The monoisotopic (exact) mass is 477 g/mol. The molecule has 0 aliphatic carbocycles. The van der Waals surface area contributed by atoms with Crippen LogP contribution in [0.5, 0.6) is 28.7 Å². The van der Waals surface area contributed by atoms with Crippen LogP contribution in [0.3, 0.4) is 0 Å². The zero-order valence-electron chi connectivity index (χ0n) is 20.3. The van der Waals surface area contributed by atoms with Crippen LogP contribution in [0.1, 0.15) is 32.3 Å². The molecule has 4 rings (SSSR count). The molecule has 3 aromatic rings. The molecule has 35 heavy (non-hydrogen) atoms. The van der Waals surface area contributed by atoms with E-state index in [0.717, 1.165) is 11.3 Å². The lowest BCUT2D eigenvalue weighted by molar-refractivity contribution is 0.0204. The number of carboxylic acid groups (broad SMARTS) is 1. The molecule has 0 spiro atoms. The van der Waals surface area contributed by atoms with Gasteiger partial charge in [-0.2, -0.15) is 0 Å². The van der Waals surface area contributed by atoms with E-state index in [9.17, 15) is 15.0 Å². The number of hydrogen-bond donors (Lipinski definition) is 2. The highest BCUT2D eigenvalue weighted by atomic mass is 16.5. The lowest BCUT2D eigenvalue weighted by Crippen LogP contribution is -2.45. The van der Waals surface area contributed by atoms with Gasteiger partial charge in [0.15, 0.2) is 11.5 Å². The molecule has 184 valence electrons. The van der Waals surface area contributed by atoms with Crippen LogP contribution >= 0.6 is 0 Å². The van der Waals surface area contributed by atoms with E-state index in [4.69, 9.17) is 14.2 Å². The van der Waals surface area contributed by atoms with Gasteiger partial charge in [0.1, 0.15) is 17.2 Å². The fraction of sp³-hybridized carbons (Fsp3) is 0.321. The highest BCUT2D eigenvalue weighted by Gasteiger charge is 2.53. The van der Waals surface area contributed by atoms with Crippen molar-refractivity contribution in [3.63, 3.8) is 0 Å². The van der Waals surface area contributed by atoms with Crippen LogP contribution in [0.4, 0.5) is 4.79 Å². The van der Waals surface area contributed by atoms with Crippen LogP contribution in [-0.4, -0.2) is 47.0 Å². The standard InChI is InChI=1S/C28H31NO6/c1-18-28(3,19(2)30)24(17-29(18)27(31)32)20-10-15-25(33-4)26(16-20)35-23-13-11-22(12-14-23)34-21-8-6-5-7-9-21/h5-16,18-19,24,30H,17H2,1-4H3,(H,31,32)/t18?,19-,24+,28+/m1/s1. The average Bonchev–Trinajstić information content (AvgIpc) is 3.13. The van der Waals surface area contributed by atoms with E-state index in [0.29, 0.717) is 23.0 Å². The van der Waals surface area contributed by atoms with Crippen LogP contribution in [0.15, 0.2) is 72.8 Å². The molecule has 1 fully saturated rings. The van der Waals surface area contributed by atoms with E-state index < -0.39 is 17.6 Å². The molecule has 0 aromatic heterocycles. The van der Waals surface area contributed by atoms with Gasteiger partial charge in [0.2, 0.25) is 0 Å². The summed E-state index contributed by atoms with van der Waals surface area (Å²) in [6.45, 7) is 5.79. The van der Waals surface area contributed by atoms with Crippen LogP contribution in [0.2, 0.25) is 0 Å². The molecule has 0 radical (unpaired) electrons. The van der Waals surface area contributed by atoms with Crippen LogP contribution in [0.25, 0.3) is 0 Å². The maximum Gasteiger partial charge on any atom is 0.407 e. The van der Waals surface area contributed by atoms with Gasteiger partial charge >= 0.3 is 6.09 Å². The summed E-state index contributed by atoms with van der Waals surface area (Å²) in [5, 5.41) is 20.4. The molecule has 1 amide bonds. The number of para-hydroxylation sites is 1. The van der Waals surface area contributed by atoms with E-state index in [2.05, 4.69) is 0 Å². The molecule has 1 aliphatic heterocycles. The molecular formula is C28H31NO6. The normalized spacial score (nSPS) is 22.5. The number of aliphatic hydroxyl groups excluding tert-OH is 1. The van der Waals surface area contributed by atoms with Crippen LogP contribution < -0.4 is 14.2 Å². The van der Waals surface area contributed by atoms with E-state index in [-0.39, 0.29) is 18.5 Å². The Balaban J connectivity index is 1.60. The SMILES string of the molecule is COc1ccc([C@@H]2CN(C(=O)O)C(C)[C@@]2(C)[C@@H](C)O)cc1Oc1ccc(Oc2ccccc2)cc1. The lowest BCUT2D eigenvalue weighted by Gasteiger charge is -2.38.